The Morgan fingerprint density at radius 2 is 1.85 bits per heavy atom. The maximum absolute atomic E-state index is 12.5. The lowest BCUT2D eigenvalue weighted by Gasteiger charge is -2.13. The first-order valence-electron chi connectivity index (χ1n) is 10.6. The molecule has 4 N–H and O–H groups in total. The SMILES string of the molecule is COc1ccc(CCc2nc(NC(=O)C[C@@H]3NC(=O)c4ccccc4NC3=O)n[nH]2)cc1OC. The summed E-state index contributed by atoms with van der Waals surface area (Å²) < 4.78 is 10.6. The number of fused-ring (bicyclic) bond motifs is 1. The first-order chi connectivity index (χ1) is 16.5. The molecule has 4 rings (SSSR count). The maximum Gasteiger partial charge on any atom is 0.254 e. The Morgan fingerprint density at radius 3 is 2.65 bits per heavy atom. The molecule has 0 aliphatic carbocycles. The predicted molar refractivity (Wildman–Crippen MR) is 123 cm³/mol. The molecule has 0 fully saturated rings. The van der Waals surface area contributed by atoms with E-state index in [4.69, 9.17) is 9.47 Å². The summed E-state index contributed by atoms with van der Waals surface area (Å²) in [6, 6.07) is 11.3. The van der Waals surface area contributed by atoms with E-state index < -0.39 is 23.8 Å². The van der Waals surface area contributed by atoms with E-state index in [1.165, 1.54) is 0 Å². The van der Waals surface area contributed by atoms with Crippen molar-refractivity contribution in [2.75, 3.05) is 24.9 Å². The third kappa shape index (κ3) is 5.14. The van der Waals surface area contributed by atoms with Crippen LogP contribution in [0.25, 0.3) is 0 Å². The van der Waals surface area contributed by atoms with Crippen LogP contribution < -0.4 is 25.4 Å². The molecule has 2 aromatic carbocycles. The predicted octanol–water partition coefficient (Wildman–Crippen LogP) is 1.69. The number of methoxy groups -OCH3 is 2. The van der Waals surface area contributed by atoms with Gasteiger partial charge in [0.2, 0.25) is 17.8 Å². The molecule has 1 aliphatic heterocycles. The molecule has 0 bridgehead atoms. The molecule has 0 unspecified atom stereocenters. The zero-order chi connectivity index (χ0) is 24.1. The third-order valence-electron chi connectivity index (χ3n) is 5.32. The van der Waals surface area contributed by atoms with Gasteiger partial charge in [0.05, 0.1) is 31.9 Å². The number of hydrogen-bond donors (Lipinski definition) is 4. The molecule has 0 saturated heterocycles. The van der Waals surface area contributed by atoms with Crippen LogP contribution in [0.3, 0.4) is 0 Å². The Bertz CT molecular complexity index is 1220. The number of ether oxygens (including phenoxy) is 2. The molecule has 1 aliphatic rings. The van der Waals surface area contributed by atoms with E-state index in [9.17, 15) is 14.4 Å². The highest BCUT2D eigenvalue weighted by atomic mass is 16.5. The number of aromatic amines is 1. The van der Waals surface area contributed by atoms with Gasteiger partial charge in [0, 0.05) is 6.42 Å². The lowest BCUT2D eigenvalue weighted by atomic mass is 10.1. The van der Waals surface area contributed by atoms with Crippen molar-refractivity contribution in [3.8, 4) is 11.5 Å². The maximum atomic E-state index is 12.5. The number of benzene rings is 2. The summed E-state index contributed by atoms with van der Waals surface area (Å²) in [6.07, 6.45) is 0.955. The van der Waals surface area contributed by atoms with Crippen LogP contribution in [0.1, 0.15) is 28.2 Å². The highest BCUT2D eigenvalue weighted by Gasteiger charge is 2.29. The lowest BCUT2D eigenvalue weighted by Crippen LogP contribution is -2.43. The first-order valence-corrected chi connectivity index (χ1v) is 10.6. The van der Waals surface area contributed by atoms with E-state index in [2.05, 4.69) is 31.1 Å². The summed E-state index contributed by atoms with van der Waals surface area (Å²) in [5, 5.41) is 14.6. The molecule has 0 saturated carbocycles. The molecule has 11 heteroatoms. The molecule has 1 atom stereocenters. The fourth-order valence-corrected chi connectivity index (χ4v) is 3.58. The van der Waals surface area contributed by atoms with Crippen LogP contribution in [0.15, 0.2) is 42.5 Å². The number of rotatable bonds is 8. The van der Waals surface area contributed by atoms with Crippen molar-refractivity contribution in [2.24, 2.45) is 0 Å². The fourth-order valence-electron chi connectivity index (χ4n) is 3.58. The highest BCUT2D eigenvalue weighted by Crippen LogP contribution is 2.28. The van der Waals surface area contributed by atoms with E-state index in [-0.39, 0.29) is 12.4 Å². The summed E-state index contributed by atoms with van der Waals surface area (Å²) >= 11 is 0. The average molecular weight is 464 g/mol. The molecule has 0 radical (unpaired) electrons. The average Bonchev–Trinajstić information content (AvgIpc) is 3.24. The number of H-pyrrole nitrogens is 1. The monoisotopic (exact) mass is 464 g/mol. The van der Waals surface area contributed by atoms with Crippen LogP contribution in [0.4, 0.5) is 11.6 Å². The minimum atomic E-state index is -1.02. The molecule has 3 amide bonds. The smallest absolute Gasteiger partial charge is 0.254 e. The van der Waals surface area contributed by atoms with Crippen LogP contribution in [0, 0.1) is 0 Å². The quantitative estimate of drug-likeness (QED) is 0.397. The number of anilines is 2. The van der Waals surface area contributed by atoms with E-state index >= 15 is 0 Å². The van der Waals surface area contributed by atoms with Gasteiger partial charge in [0.1, 0.15) is 11.9 Å². The van der Waals surface area contributed by atoms with Crippen LogP contribution in [-0.4, -0.2) is 53.2 Å². The van der Waals surface area contributed by atoms with Gasteiger partial charge in [0.15, 0.2) is 11.5 Å². The summed E-state index contributed by atoms with van der Waals surface area (Å²) in [5.41, 5.74) is 1.77. The van der Waals surface area contributed by atoms with Crippen molar-refractivity contribution < 1.29 is 23.9 Å². The van der Waals surface area contributed by atoms with Gasteiger partial charge >= 0.3 is 0 Å². The highest BCUT2D eigenvalue weighted by molar-refractivity contribution is 6.11. The van der Waals surface area contributed by atoms with Crippen molar-refractivity contribution in [1.29, 1.82) is 0 Å². The van der Waals surface area contributed by atoms with Gasteiger partial charge in [-0.3, -0.25) is 24.8 Å². The minimum Gasteiger partial charge on any atom is -0.493 e. The van der Waals surface area contributed by atoms with Gasteiger partial charge in [-0.1, -0.05) is 18.2 Å². The summed E-state index contributed by atoms with van der Waals surface area (Å²) in [4.78, 5) is 41.6. The third-order valence-corrected chi connectivity index (χ3v) is 5.32. The summed E-state index contributed by atoms with van der Waals surface area (Å²) in [5.74, 6) is 0.566. The number of carbonyl (C=O) groups is 3. The van der Waals surface area contributed by atoms with Crippen molar-refractivity contribution in [3.05, 3.63) is 59.4 Å². The number of aromatic nitrogens is 3. The number of carbonyl (C=O) groups excluding carboxylic acids is 3. The number of amides is 3. The molecule has 176 valence electrons. The Balaban J connectivity index is 1.32. The van der Waals surface area contributed by atoms with Crippen molar-refractivity contribution in [1.82, 2.24) is 20.5 Å². The topological polar surface area (TPSA) is 147 Å². The van der Waals surface area contributed by atoms with E-state index in [0.29, 0.717) is 41.4 Å². The minimum absolute atomic E-state index is 0.0935. The number of nitrogens with one attached hydrogen (secondary N) is 4. The molecule has 34 heavy (non-hydrogen) atoms. The van der Waals surface area contributed by atoms with E-state index in [1.807, 2.05) is 18.2 Å². The second-order valence-corrected chi connectivity index (χ2v) is 7.61. The number of hydrogen-bond acceptors (Lipinski definition) is 7. The van der Waals surface area contributed by atoms with Gasteiger partial charge in [-0.05, 0) is 36.2 Å². The standard InChI is InChI=1S/C23H24N6O5/c1-33-17-9-7-13(11-18(17)34-2)8-10-19-26-23(29-28-19)27-20(30)12-16-22(32)24-15-6-4-3-5-14(15)21(31)25-16/h3-7,9,11,16H,8,10,12H2,1-2H3,(H,24,32)(H,25,31)(H2,26,27,28,29,30)/t16-/m0/s1. The zero-order valence-electron chi connectivity index (χ0n) is 18.7. The van der Waals surface area contributed by atoms with Gasteiger partial charge in [-0.25, -0.2) is 0 Å². The van der Waals surface area contributed by atoms with Crippen LogP contribution in [-0.2, 0) is 22.4 Å². The van der Waals surface area contributed by atoms with Gasteiger partial charge in [0.25, 0.3) is 5.91 Å². The van der Waals surface area contributed by atoms with Crippen LogP contribution in [0.2, 0.25) is 0 Å². The Kier molecular flexibility index (Phi) is 6.72. The second-order valence-electron chi connectivity index (χ2n) is 7.61. The Hall–Kier alpha value is -4.41. The van der Waals surface area contributed by atoms with E-state index in [1.54, 1.807) is 38.5 Å². The van der Waals surface area contributed by atoms with Gasteiger partial charge in [-0.2, -0.15) is 4.98 Å². The molecular formula is C23H24N6O5. The van der Waals surface area contributed by atoms with Crippen LogP contribution in [0.5, 0.6) is 11.5 Å². The lowest BCUT2D eigenvalue weighted by molar-refractivity contribution is -0.122. The summed E-state index contributed by atoms with van der Waals surface area (Å²) in [7, 11) is 3.16. The number of para-hydroxylation sites is 1. The van der Waals surface area contributed by atoms with Crippen molar-refractivity contribution >= 4 is 29.4 Å². The normalized spacial score (nSPS) is 14.9. The fraction of sp³-hybridized carbons (Fsp3) is 0.261. The molecular weight excluding hydrogens is 440 g/mol. The Morgan fingerprint density at radius 1 is 1.06 bits per heavy atom. The molecule has 11 nitrogen and oxygen atoms in total. The first kappa shape index (κ1) is 22.8. The van der Waals surface area contributed by atoms with E-state index in [0.717, 1.165) is 5.56 Å². The molecule has 2 heterocycles. The van der Waals surface area contributed by atoms with Gasteiger partial charge < -0.3 is 20.1 Å². The second kappa shape index (κ2) is 10.0. The zero-order valence-corrected chi connectivity index (χ0v) is 18.7. The number of nitrogens with zero attached hydrogens (tertiary/aromatic N) is 2. The molecule has 3 aromatic rings. The van der Waals surface area contributed by atoms with Crippen molar-refractivity contribution in [2.45, 2.75) is 25.3 Å². The largest absolute Gasteiger partial charge is 0.493 e. The molecule has 1 aromatic heterocycles. The summed E-state index contributed by atoms with van der Waals surface area (Å²) in [6.45, 7) is 0. The van der Waals surface area contributed by atoms with Gasteiger partial charge in [-0.15, -0.1) is 5.10 Å². The Labute approximate surface area is 195 Å². The van der Waals surface area contributed by atoms with Crippen LogP contribution >= 0.6 is 0 Å². The van der Waals surface area contributed by atoms with Crippen molar-refractivity contribution in [3.63, 3.8) is 0 Å². The molecule has 0 spiro atoms. The number of aryl methyl sites for hydroxylation is 2.